The molecule has 0 aliphatic carbocycles. The molecule has 29 heavy (non-hydrogen) atoms. The summed E-state index contributed by atoms with van der Waals surface area (Å²) < 4.78 is 6.89. The molecule has 0 radical (unpaired) electrons. The molecule has 1 fully saturated rings. The molecule has 4 rings (SSSR count). The summed E-state index contributed by atoms with van der Waals surface area (Å²) in [6.07, 6.45) is 0. The van der Waals surface area contributed by atoms with Crippen LogP contribution in [0.2, 0.25) is 5.02 Å². The Kier molecular flexibility index (Phi) is 5.71. The van der Waals surface area contributed by atoms with Crippen LogP contribution in [0.1, 0.15) is 5.56 Å². The lowest BCUT2D eigenvalue weighted by Crippen LogP contribution is -2.49. The Balaban J connectivity index is 1.31. The first-order valence-corrected chi connectivity index (χ1v) is 9.96. The maximum absolute atomic E-state index is 12.3. The van der Waals surface area contributed by atoms with Crippen LogP contribution in [-0.2, 0) is 11.5 Å². The van der Waals surface area contributed by atoms with E-state index in [9.17, 15) is 9.59 Å². The molecule has 0 unspecified atom stereocenters. The van der Waals surface area contributed by atoms with E-state index in [1.807, 2.05) is 31.2 Å². The van der Waals surface area contributed by atoms with Gasteiger partial charge in [0.2, 0.25) is 5.91 Å². The molecule has 1 amide bonds. The van der Waals surface area contributed by atoms with Gasteiger partial charge < -0.3 is 9.73 Å². The Morgan fingerprint density at radius 3 is 2.48 bits per heavy atom. The van der Waals surface area contributed by atoms with E-state index in [1.54, 1.807) is 22.8 Å². The van der Waals surface area contributed by atoms with Crippen molar-refractivity contribution in [1.29, 1.82) is 0 Å². The summed E-state index contributed by atoms with van der Waals surface area (Å²) >= 11 is 6.06. The number of aromatic nitrogens is 1. The molecule has 1 aromatic heterocycles. The van der Waals surface area contributed by atoms with Gasteiger partial charge >= 0.3 is 5.76 Å². The van der Waals surface area contributed by atoms with Gasteiger partial charge in [0, 0.05) is 36.9 Å². The van der Waals surface area contributed by atoms with Gasteiger partial charge in [0.05, 0.1) is 18.7 Å². The zero-order valence-electron chi connectivity index (χ0n) is 16.2. The number of hydrogen-bond donors (Lipinski definition) is 1. The first-order chi connectivity index (χ1) is 14.0. The summed E-state index contributed by atoms with van der Waals surface area (Å²) in [5, 5.41) is 3.50. The first kappa shape index (κ1) is 19.7. The lowest BCUT2D eigenvalue weighted by Gasteiger charge is -2.34. The summed E-state index contributed by atoms with van der Waals surface area (Å²) in [5.74, 6) is -0.406. The fraction of sp³-hybridized carbons (Fsp3) is 0.333. The minimum Gasteiger partial charge on any atom is -0.408 e. The van der Waals surface area contributed by atoms with Gasteiger partial charge in [-0.05, 0) is 37.3 Å². The second-order valence-electron chi connectivity index (χ2n) is 7.36. The van der Waals surface area contributed by atoms with Crippen molar-refractivity contribution < 1.29 is 9.21 Å². The van der Waals surface area contributed by atoms with E-state index in [0.29, 0.717) is 29.3 Å². The molecule has 1 aliphatic heterocycles. The van der Waals surface area contributed by atoms with E-state index < -0.39 is 0 Å². The van der Waals surface area contributed by atoms with Crippen molar-refractivity contribution in [3.8, 4) is 0 Å². The van der Waals surface area contributed by atoms with Crippen molar-refractivity contribution >= 4 is 34.3 Å². The van der Waals surface area contributed by atoms with Crippen LogP contribution in [0.15, 0.2) is 51.7 Å². The Morgan fingerprint density at radius 1 is 1.07 bits per heavy atom. The molecule has 1 aliphatic rings. The monoisotopic (exact) mass is 414 g/mol. The second-order valence-corrected chi connectivity index (χ2v) is 7.79. The molecule has 3 aromatic rings. The number of carbonyl (C=O) groups is 1. The molecule has 2 aromatic carbocycles. The van der Waals surface area contributed by atoms with Crippen molar-refractivity contribution in [3.05, 3.63) is 63.6 Å². The van der Waals surface area contributed by atoms with E-state index in [2.05, 4.69) is 15.1 Å². The average molecular weight is 415 g/mol. The van der Waals surface area contributed by atoms with Crippen molar-refractivity contribution in [2.75, 3.05) is 38.0 Å². The largest absolute Gasteiger partial charge is 0.421 e. The zero-order chi connectivity index (χ0) is 20.4. The van der Waals surface area contributed by atoms with E-state index in [4.69, 9.17) is 16.0 Å². The Bertz CT molecular complexity index is 1070. The number of halogens is 1. The van der Waals surface area contributed by atoms with E-state index in [-0.39, 0.29) is 11.7 Å². The van der Waals surface area contributed by atoms with Gasteiger partial charge in [0.25, 0.3) is 0 Å². The van der Waals surface area contributed by atoms with Crippen LogP contribution in [0, 0.1) is 6.92 Å². The molecule has 1 N–H and O–H groups in total. The smallest absolute Gasteiger partial charge is 0.408 e. The fourth-order valence-corrected chi connectivity index (χ4v) is 3.66. The third kappa shape index (κ3) is 4.70. The molecule has 1 saturated heterocycles. The Hall–Kier alpha value is -2.61. The predicted molar refractivity (Wildman–Crippen MR) is 113 cm³/mol. The van der Waals surface area contributed by atoms with Crippen molar-refractivity contribution in [2.45, 2.75) is 13.6 Å². The Morgan fingerprint density at radius 2 is 1.76 bits per heavy atom. The van der Waals surface area contributed by atoms with Gasteiger partial charge in [-0.2, -0.15) is 0 Å². The zero-order valence-corrected chi connectivity index (χ0v) is 17.0. The quantitative estimate of drug-likeness (QED) is 0.695. The number of piperazine rings is 1. The molecule has 0 spiro atoms. The number of aryl methyl sites for hydroxylation is 1. The normalized spacial score (nSPS) is 15.7. The van der Waals surface area contributed by atoms with Crippen molar-refractivity contribution in [3.63, 3.8) is 0 Å². The molecule has 7 nitrogen and oxygen atoms in total. The maximum Gasteiger partial charge on any atom is 0.421 e. The highest BCUT2D eigenvalue weighted by Crippen LogP contribution is 2.19. The van der Waals surface area contributed by atoms with E-state index in [1.165, 1.54) is 0 Å². The van der Waals surface area contributed by atoms with E-state index >= 15 is 0 Å². The molecule has 0 saturated carbocycles. The number of nitrogens with zero attached hydrogens (tertiary/aromatic N) is 3. The molecular formula is C21H23ClN4O3. The highest BCUT2D eigenvalue weighted by atomic mass is 35.5. The number of anilines is 1. The number of oxazole rings is 1. The number of benzene rings is 2. The maximum atomic E-state index is 12.3. The average Bonchev–Trinajstić information content (AvgIpc) is 3.00. The molecule has 2 heterocycles. The number of amides is 1. The minimum absolute atomic E-state index is 0.0195. The predicted octanol–water partition coefficient (Wildman–Crippen LogP) is 2.77. The van der Waals surface area contributed by atoms with Crippen LogP contribution in [0.3, 0.4) is 0 Å². The Labute approximate surface area is 173 Å². The molecular weight excluding hydrogens is 392 g/mol. The lowest BCUT2D eigenvalue weighted by atomic mass is 10.2. The molecule has 8 heteroatoms. The summed E-state index contributed by atoms with van der Waals surface area (Å²) in [7, 11) is 0. The van der Waals surface area contributed by atoms with Gasteiger partial charge in [-0.15, -0.1) is 0 Å². The van der Waals surface area contributed by atoms with Crippen LogP contribution >= 0.6 is 11.6 Å². The van der Waals surface area contributed by atoms with Gasteiger partial charge in [0.15, 0.2) is 5.58 Å². The number of rotatable bonds is 5. The van der Waals surface area contributed by atoms with Crippen LogP contribution < -0.4 is 11.1 Å². The van der Waals surface area contributed by atoms with E-state index in [0.717, 1.165) is 37.4 Å². The SMILES string of the molecule is Cc1ccc(NC(=O)CN2CCN(Cn3c(=O)oc4ccc(Cl)cc43)CC2)cc1. The number of carbonyl (C=O) groups excluding carboxylic acids is 1. The summed E-state index contributed by atoms with van der Waals surface area (Å²) in [5.41, 5.74) is 3.20. The number of fused-ring (bicyclic) bond motifs is 1. The van der Waals surface area contributed by atoms with Crippen molar-refractivity contribution in [1.82, 2.24) is 14.4 Å². The van der Waals surface area contributed by atoms with Gasteiger partial charge in [-0.25, -0.2) is 4.79 Å². The van der Waals surface area contributed by atoms with Crippen LogP contribution in [-0.4, -0.2) is 53.0 Å². The standard InChI is InChI=1S/C21H23ClN4O3/c1-15-2-5-17(6-3-15)23-20(27)13-24-8-10-25(11-9-24)14-26-18-12-16(22)4-7-19(18)29-21(26)28/h2-7,12H,8-11,13-14H2,1H3,(H,23,27). The lowest BCUT2D eigenvalue weighted by molar-refractivity contribution is -0.117. The minimum atomic E-state index is -0.387. The molecule has 0 bridgehead atoms. The van der Waals surface area contributed by atoms with Crippen molar-refractivity contribution in [2.24, 2.45) is 0 Å². The second kappa shape index (κ2) is 8.41. The van der Waals surface area contributed by atoms with Crippen LogP contribution in [0.25, 0.3) is 11.1 Å². The number of nitrogens with one attached hydrogen (secondary N) is 1. The first-order valence-electron chi connectivity index (χ1n) is 9.58. The number of hydrogen-bond acceptors (Lipinski definition) is 5. The fourth-order valence-electron chi connectivity index (χ4n) is 3.50. The van der Waals surface area contributed by atoms with Crippen LogP contribution in [0.5, 0.6) is 0 Å². The van der Waals surface area contributed by atoms with Gasteiger partial charge in [-0.3, -0.25) is 19.2 Å². The summed E-state index contributed by atoms with van der Waals surface area (Å²) in [6.45, 7) is 5.84. The highest BCUT2D eigenvalue weighted by molar-refractivity contribution is 6.31. The summed E-state index contributed by atoms with van der Waals surface area (Å²) in [4.78, 5) is 28.8. The van der Waals surface area contributed by atoms with Crippen LogP contribution in [0.4, 0.5) is 5.69 Å². The highest BCUT2D eigenvalue weighted by Gasteiger charge is 2.21. The molecule has 152 valence electrons. The third-order valence-corrected chi connectivity index (χ3v) is 5.37. The van der Waals surface area contributed by atoms with Gasteiger partial charge in [-0.1, -0.05) is 29.3 Å². The molecule has 0 atom stereocenters. The third-order valence-electron chi connectivity index (χ3n) is 5.14. The summed E-state index contributed by atoms with van der Waals surface area (Å²) in [6, 6.07) is 12.9. The van der Waals surface area contributed by atoms with Gasteiger partial charge in [0.1, 0.15) is 0 Å². The topological polar surface area (TPSA) is 70.7 Å².